The number of nitrogens with zero attached hydrogens (tertiary/aromatic N) is 2. The van der Waals surface area contributed by atoms with E-state index in [9.17, 15) is 0 Å². The zero-order chi connectivity index (χ0) is 9.80. The van der Waals surface area contributed by atoms with Gasteiger partial charge in [0.2, 0.25) is 0 Å². The maximum absolute atomic E-state index is 4.10. The number of likely N-dealkylation sites (tertiary alicyclic amines) is 1. The molecule has 0 amide bonds. The molecule has 1 saturated heterocycles. The van der Waals surface area contributed by atoms with Crippen LogP contribution in [0.25, 0.3) is 0 Å². The Kier molecular flexibility index (Phi) is 3.14. The average Bonchev–Trinajstić information content (AvgIpc) is 2.23. The van der Waals surface area contributed by atoms with Crippen LogP contribution in [0.5, 0.6) is 0 Å². The van der Waals surface area contributed by atoms with Crippen LogP contribution in [0.15, 0.2) is 24.5 Å². The van der Waals surface area contributed by atoms with Gasteiger partial charge in [0, 0.05) is 18.9 Å². The summed E-state index contributed by atoms with van der Waals surface area (Å²) in [7, 11) is 0. The molecule has 0 aliphatic carbocycles. The molecular weight excluding hydrogens is 172 g/mol. The normalized spacial score (nSPS) is 19.8. The van der Waals surface area contributed by atoms with Crippen molar-refractivity contribution in [1.29, 1.82) is 0 Å². The number of rotatable bonds is 2. The lowest BCUT2D eigenvalue weighted by Gasteiger charge is -2.29. The molecule has 2 nitrogen and oxygen atoms in total. The summed E-state index contributed by atoms with van der Waals surface area (Å²) < 4.78 is 0. The number of pyridine rings is 1. The third kappa shape index (κ3) is 2.55. The van der Waals surface area contributed by atoms with Gasteiger partial charge < -0.3 is 0 Å². The molecule has 75 valence electrons. The SMILES string of the molecule is [CH2]C1CCN(Cc2ccncc2)CC1. The smallest absolute Gasteiger partial charge is 0.0271 e. The first-order valence-corrected chi connectivity index (χ1v) is 5.29. The summed E-state index contributed by atoms with van der Waals surface area (Å²) >= 11 is 0. The first-order chi connectivity index (χ1) is 6.84. The van der Waals surface area contributed by atoms with Crippen molar-refractivity contribution >= 4 is 0 Å². The van der Waals surface area contributed by atoms with Crippen molar-refractivity contribution in [2.45, 2.75) is 19.4 Å². The Morgan fingerprint density at radius 2 is 1.93 bits per heavy atom. The Bertz CT molecular complexity index is 263. The van der Waals surface area contributed by atoms with E-state index in [0.29, 0.717) is 5.92 Å². The maximum atomic E-state index is 4.10. The van der Waals surface area contributed by atoms with Crippen molar-refractivity contribution in [1.82, 2.24) is 9.88 Å². The fourth-order valence-corrected chi connectivity index (χ4v) is 1.89. The first kappa shape index (κ1) is 9.66. The fraction of sp³-hybridized carbons (Fsp3) is 0.500. The van der Waals surface area contributed by atoms with Gasteiger partial charge in [-0.15, -0.1) is 0 Å². The van der Waals surface area contributed by atoms with Crippen molar-refractivity contribution in [2.75, 3.05) is 13.1 Å². The molecule has 0 N–H and O–H groups in total. The zero-order valence-corrected chi connectivity index (χ0v) is 8.52. The molecule has 0 atom stereocenters. The van der Waals surface area contributed by atoms with E-state index < -0.39 is 0 Å². The summed E-state index contributed by atoms with van der Waals surface area (Å²) in [5.41, 5.74) is 1.36. The van der Waals surface area contributed by atoms with Gasteiger partial charge in [0.1, 0.15) is 0 Å². The average molecular weight is 189 g/mol. The zero-order valence-electron chi connectivity index (χ0n) is 8.52. The van der Waals surface area contributed by atoms with Gasteiger partial charge in [-0.1, -0.05) is 6.92 Å². The number of piperidine rings is 1. The number of aromatic nitrogens is 1. The highest BCUT2D eigenvalue weighted by Gasteiger charge is 2.15. The summed E-state index contributed by atoms with van der Waals surface area (Å²) in [5.74, 6) is 0.670. The fourth-order valence-electron chi connectivity index (χ4n) is 1.89. The molecule has 1 fully saturated rings. The second kappa shape index (κ2) is 4.56. The Balaban J connectivity index is 1.87. The molecule has 0 spiro atoms. The Morgan fingerprint density at radius 3 is 2.57 bits per heavy atom. The minimum atomic E-state index is 0.670. The lowest BCUT2D eigenvalue weighted by Crippen LogP contribution is -2.32. The minimum Gasteiger partial charge on any atom is -0.299 e. The van der Waals surface area contributed by atoms with Crippen LogP contribution in [0.3, 0.4) is 0 Å². The first-order valence-electron chi connectivity index (χ1n) is 5.29. The predicted molar refractivity (Wildman–Crippen MR) is 57.6 cm³/mol. The number of hydrogen-bond donors (Lipinski definition) is 0. The molecule has 1 aromatic rings. The molecule has 2 rings (SSSR count). The van der Waals surface area contributed by atoms with Crippen LogP contribution in [-0.2, 0) is 6.54 Å². The largest absolute Gasteiger partial charge is 0.299 e. The van der Waals surface area contributed by atoms with E-state index in [1.54, 1.807) is 0 Å². The van der Waals surface area contributed by atoms with Crippen molar-refractivity contribution < 1.29 is 0 Å². The molecule has 1 aromatic heterocycles. The van der Waals surface area contributed by atoms with E-state index >= 15 is 0 Å². The molecule has 1 aliphatic heterocycles. The van der Waals surface area contributed by atoms with E-state index in [0.717, 1.165) is 6.54 Å². The maximum Gasteiger partial charge on any atom is 0.0271 e. The van der Waals surface area contributed by atoms with E-state index in [4.69, 9.17) is 0 Å². The summed E-state index contributed by atoms with van der Waals surface area (Å²) in [5, 5.41) is 0. The Morgan fingerprint density at radius 1 is 1.29 bits per heavy atom. The molecule has 2 heterocycles. The van der Waals surface area contributed by atoms with Gasteiger partial charge in [-0.2, -0.15) is 0 Å². The van der Waals surface area contributed by atoms with Crippen molar-refractivity contribution in [3.63, 3.8) is 0 Å². The van der Waals surface area contributed by atoms with Gasteiger partial charge in [-0.25, -0.2) is 0 Å². The molecule has 2 heteroatoms. The highest BCUT2D eigenvalue weighted by molar-refractivity contribution is 5.09. The van der Waals surface area contributed by atoms with Crippen LogP contribution in [0.4, 0.5) is 0 Å². The van der Waals surface area contributed by atoms with Gasteiger partial charge in [0.15, 0.2) is 0 Å². The minimum absolute atomic E-state index is 0.670. The van der Waals surface area contributed by atoms with Crippen LogP contribution in [-0.4, -0.2) is 23.0 Å². The van der Waals surface area contributed by atoms with E-state index in [-0.39, 0.29) is 0 Å². The second-order valence-corrected chi connectivity index (χ2v) is 4.07. The molecule has 14 heavy (non-hydrogen) atoms. The van der Waals surface area contributed by atoms with Gasteiger partial charge in [-0.05, 0) is 49.5 Å². The van der Waals surface area contributed by atoms with Crippen LogP contribution in [0, 0.1) is 12.8 Å². The third-order valence-electron chi connectivity index (χ3n) is 2.86. The van der Waals surface area contributed by atoms with Crippen molar-refractivity contribution in [2.24, 2.45) is 5.92 Å². The number of hydrogen-bond acceptors (Lipinski definition) is 2. The summed E-state index contributed by atoms with van der Waals surface area (Å²) in [6.07, 6.45) is 6.21. The molecule has 1 aliphatic rings. The van der Waals surface area contributed by atoms with Crippen molar-refractivity contribution in [3.05, 3.63) is 37.0 Å². The topological polar surface area (TPSA) is 16.1 Å². The van der Waals surface area contributed by atoms with E-state index in [1.165, 1.54) is 31.5 Å². The molecule has 0 bridgehead atoms. The summed E-state index contributed by atoms with van der Waals surface area (Å²) in [6, 6.07) is 4.19. The molecule has 0 unspecified atom stereocenters. The predicted octanol–water partition coefficient (Wildman–Crippen LogP) is 2.13. The lowest BCUT2D eigenvalue weighted by atomic mass is 9.99. The Hall–Kier alpha value is -0.890. The van der Waals surface area contributed by atoms with Gasteiger partial charge in [0.05, 0.1) is 0 Å². The summed E-state index contributed by atoms with van der Waals surface area (Å²) in [4.78, 5) is 6.52. The standard InChI is InChI=1S/C12H17N2/c1-11-4-8-14(9-5-11)10-12-2-6-13-7-3-12/h2-3,6-7,11H,1,4-5,8-10H2. The van der Waals surface area contributed by atoms with Gasteiger partial charge in [0.25, 0.3) is 0 Å². The van der Waals surface area contributed by atoms with Crippen LogP contribution < -0.4 is 0 Å². The van der Waals surface area contributed by atoms with Gasteiger partial charge in [-0.3, -0.25) is 9.88 Å². The van der Waals surface area contributed by atoms with Crippen LogP contribution in [0.1, 0.15) is 18.4 Å². The van der Waals surface area contributed by atoms with E-state index in [1.807, 2.05) is 12.4 Å². The summed E-state index contributed by atoms with van der Waals surface area (Å²) in [6.45, 7) is 7.55. The molecule has 0 aromatic carbocycles. The van der Waals surface area contributed by atoms with Crippen LogP contribution in [0.2, 0.25) is 0 Å². The third-order valence-corrected chi connectivity index (χ3v) is 2.86. The van der Waals surface area contributed by atoms with E-state index in [2.05, 4.69) is 28.9 Å². The second-order valence-electron chi connectivity index (χ2n) is 4.07. The quantitative estimate of drug-likeness (QED) is 0.708. The highest BCUT2D eigenvalue weighted by atomic mass is 15.1. The molecule has 0 saturated carbocycles. The highest BCUT2D eigenvalue weighted by Crippen LogP contribution is 2.17. The lowest BCUT2D eigenvalue weighted by molar-refractivity contribution is 0.195. The Labute approximate surface area is 86.0 Å². The monoisotopic (exact) mass is 189 g/mol. The molecule has 1 radical (unpaired) electrons. The molecular formula is C12H17N2. The van der Waals surface area contributed by atoms with Crippen molar-refractivity contribution in [3.8, 4) is 0 Å². The van der Waals surface area contributed by atoms with Crippen LogP contribution >= 0.6 is 0 Å². The van der Waals surface area contributed by atoms with Gasteiger partial charge >= 0.3 is 0 Å².